The van der Waals surface area contributed by atoms with Crippen LogP contribution in [0.15, 0.2) is 34.6 Å². The summed E-state index contributed by atoms with van der Waals surface area (Å²) in [6.07, 6.45) is 1.43. The van der Waals surface area contributed by atoms with Crippen molar-refractivity contribution in [3.8, 4) is 6.07 Å². The van der Waals surface area contributed by atoms with Crippen LogP contribution in [0.3, 0.4) is 0 Å². The molecule has 0 unspecified atom stereocenters. The van der Waals surface area contributed by atoms with Crippen LogP contribution in [-0.4, -0.2) is 15.2 Å². The molecular formula is C9H5ClN4S. The zero-order valence-electron chi connectivity index (χ0n) is 7.44. The first kappa shape index (κ1) is 10.0. The molecule has 2 rings (SSSR count). The zero-order chi connectivity index (χ0) is 10.7. The molecule has 0 radical (unpaired) electrons. The third-order valence-corrected chi connectivity index (χ3v) is 3.05. The van der Waals surface area contributed by atoms with Gasteiger partial charge in [0.05, 0.1) is 16.7 Å². The second-order valence-electron chi connectivity index (χ2n) is 2.65. The molecule has 1 N–H and O–H groups in total. The van der Waals surface area contributed by atoms with E-state index in [1.807, 2.05) is 6.07 Å². The van der Waals surface area contributed by atoms with Crippen molar-refractivity contribution in [2.24, 2.45) is 0 Å². The zero-order valence-corrected chi connectivity index (χ0v) is 9.01. The summed E-state index contributed by atoms with van der Waals surface area (Å²) in [5.41, 5.74) is 0.543. The molecule has 6 heteroatoms. The van der Waals surface area contributed by atoms with Crippen molar-refractivity contribution in [3.63, 3.8) is 0 Å². The molecule has 0 fully saturated rings. The van der Waals surface area contributed by atoms with Crippen LogP contribution in [0.4, 0.5) is 0 Å². The lowest BCUT2D eigenvalue weighted by Crippen LogP contribution is -1.80. The van der Waals surface area contributed by atoms with E-state index in [9.17, 15) is 0 Å². The van der Waals surface area contributed by atoms with Crippen molar-refractivity contribution >= 4 is 23.4 Å². The van der Waals surface area contributed by atoms with Crippen LogP contribution in [-0.2, 0) is 0 Å². The fourth-order valence-electron chi connectivity index (χ4n) is 1.00. The molecule has 0 amide bonds. The first-order valence-corrected chi connectivity index (χ1v) is 5.22. The Balaban J connectivity index is 2.27. The van der Waals surface area contributed by atoms with Gasteiger partial charge in [0.1, 0.15) is 6.33 Å². The Hall–Kier alpha value is -1.51. The molecular weight excluding hydrogens is 232 g/mol. The van der Waals surface area contributed by atoms with Gasteiger partial charge < -0.3 is 0 Å². The van der Waals surface area contributed by atoms with Crippen molar-refractivity contribution in [3.05, 3.63) is 35.1 Å². The van der Waals surface area contributed by atoms with Crippen LogP contribution >= 0.6 is 23.4 Å². The summed E-state index contributed by atoms with van der Waals surface area (Å²) in [6.45, 7) is 0. The van der Waals surface area contributed by atoms with Gasteiger partial charge in [-0.1, -0.05) is 11.6 Å². The Kier molecular flexibility index (Phi) is 2.90. The van der Waals surface area contributed by atoms with Gasteiger partial charge >= 0.3 is 0 Å². The van der Waals surface area contributed by atoms with E-state index in [1.165, 1.54) is 18.1 Å². The number of halogens is 1. The topological polar surface area (TPSA) is 65.4 Å². The summed E-state index contributed by atoms with van der Waals surface area (Å²) in [5.74, 6) is 0. The van der Waals surface area contributed by atoms with Crippen molar-refractivity contribution < 1.29 is 0 Å². The van der Waals surface area contributed by atoms with Gasteiger partial charge in [0.25, 0.3) is 0 Å². The fourth-order valence-corrected chi connectivity index (χ4v) is 2.00. The highest BCUT2D eigenvalue weighted by Gasteiger charge is 2.05. The number of nitriles is 1. The second-order valence-corrected chi connectivity index (χ2v) is 4.09. The van der Waals surface area contributed by atoms with Crippen LogP contribution in [0.5, 0.6) is 0 Å². The van der Waals surface area contributed by atoms with Gasteiger partial charge in [0.2, 0.25) is 0 Å². The summed E-state index contributed by atoms with van der Waals surface area (Å²) in [5, 5.41) is 16.3. The number of H-pyrrole nitrogens is 1. The predicted molar refractivity (Wildman–Crippen MR) is 56.7 cm³/mol. The molecule has 0 atom stereocenters. The molecule has 0 saturated heterocycles. The number of nitrogens with zero attached hydrogens (tertiary/aromatic N) is 3. The molecule has 0 aliphatic heterocycles. The molecule has 15 heavy (non-hydrogen) atoms. The van der Waals surface area contributed by atoms with Crippen molar-refractivity contribution in [1.29, 1.82) is 5.26 Å². The minimum atomic E-state index is 0.537. The minimum Gasteiger partial charge on any atom is -0.254 e. The molecule has 0 bridgehead atoms. The summed E-state index contributed by atoms with van der Waals surface area (Å²) >= 11 is 7.36. The molecule has 1 aromatic heterocycles. The van der Waals surface area contributed by atoms with Gasteiger partial charge in [-0.3, -0.25) is 5.10 Å². The van der Waals surface area contributed by atoms with Gasteiger partial charge in [0, 0.05) is 4.90 Å². The molecule has 0 spiro atoms. The lowest BCUT2D eigenvalue weighted by molar-refractivity contribution is 0.973. The predicted octanol–water partition coefficient (Wildman–Crippen LogP) is 2.48. The molecule has 1 aromatic carbocycles. The van der Waals surface area contributed by atoms with E-state index in [1.54, 1.807) is 18.2 Å². The van der Waals surface area contributed by atoms with Gasteiger partial charge in [-0.2, -0.15) is 10.4 Å². The number of nitrogens with one attached hydrogen (secondary N) is 1. The maximum atomic E-state index is 8.67. The maximum Gasteiger partial charge on any atom is 0.188 e. The lowest BCUT2D eigenvalue weighted by atomic mass is 10.2. The highest BCUT2D eigenvalue weighted by Crippen LogP contribution is 2.31. The van der Waals surface area contributed by atoms with E-state index in [4.69, 9.17) is 16.9 Å². The molecule has 2 aromatic rings. The molecule has 0 aliphatic carbocycles. The van der Waals surface area contributed by atoms with Crippen LogP contribution in [0.25, 0.3) is 0 Å². The van der Waals surface area contributed by atoms with Crippen molar-refractivity contribution in [1.82, 2.24) is 15.2 Å². The van der Waals surface area contributed by atoms with E-state index >= 15 is 0 Å². The SMILES string of the molecule is N#Cc1ccc(Sc2ncn[nH]2)c(Cl)c1. The molecule has 1 heterocycles. The first-order valence-electron chi connectivity index (χ1n) is 4.02. The second kappa shape index (κ2) is 4.34. The Morgan fingerprint density at radius 3 is 2.93 bits per heavy atom. The smallest absolute Gasteiger partial charge is 0.188 e. The average molecular weight is 237 g/mol. The number of aromatic nitrogens is 3. The third kappa shape index (κ3) is 2.29. The van der Waals surface area contributed by atoms with E-state index in [-0.39, 0.29) is 0 Å². The Labute approximate surface area is 95.3 Å². The van der Waals surface area contributed by atoms with Gasteiger partial charge in [-0.25, -0.2) is 4.98 Å². The lowest BCUT2D eigenvalue weighted by Gasteiger charge is -2.00. The van der Waals surface area contributed by atoms with E-state index in [2.05, 4.69) is 15.2 Å². The highest BCUT2D eigenvalue weighted by molar-refractivity contribution is 7.99. The Bertz CT molecular complexity index is 503. The molecule has 0 aliphatic rings. The summed E-state index contributed by atoms with van der Waals surface area (Å²) in [6, 6.07) is 7.15. The van der Waals surface area contributed by atoms with E-state index < -0.39 is 0 Å². The number of hydrogen-bond donors (Lipinski definition) is 1. The quantitative estimate of drug-likeness (QED) is 0.870. The number of benzene rings is 1. The standard InChI is InChI=1S/C9H5ClN4S/c10-7-3-6(4-11)1-2-8(7)15-9-12-5-13-14-9/h1-3,5H,(H,12,13,14). The number of rotatable bonds is 2. The van der Waals surface area contributed by atoms with Crippen molar-refractivity contribution in [2.45, 2.75) is 10.1 Å². The number of aromatic amines is 1. The molecule has 4 nitrogen and oxygen atoms in total. The largest absolute Gasteiger partial charge is 0.254 e. The molecule has 74 valence electrons. The third-order valence-electron chi connectivity index (χ3n) is 1.66. The average Bonchev–Trinajstić information content (AvgIpc) is 2.74. The van der Waals surface area contributed by atoms with Gasteiger partial charge in [0.15, 0.2) is 5.16 Å². The highest BCUT2D eigenvalue weighted by atomic mass is 35.5. The summed E-state index contributed by atoms with van der Waals surface area (Å²) in [4.78, 5) is 4.81. The van der Waals surface area contributed by atoms with Crippen LogP contribution in [0, 0.1) is 11.3 Å². The Morgan fingerprint density at radius 1 is 1.47 bits per heavy atom. The fraction of sp³-hybridized carbons (Fsp3) is 0. The molecule has 0 saturated carbocycles. The van der Waals surface area contributed by atoms with Crippen LogP contribution in [0.1, 0.15) is 5.56 Å². The maximum absolute atomic E-state index is 8.67. The Morgan fingerprint density at radius 2 is 2.33 bits per heavy atom. The van der Waals surface area contributed by atoms with Gasteiger partial charge in [-0.05, 0) is 30.0 Å². The summed E-state index contributed by atoms with van der Waals surface area (Å²) in [7, 11) is 0. The minimum absolute atomic E-state index is 0.537. The van der Waals surface area contributed by atoms with Gasteiger partial charge in [-0.15, -0.1) is 0 Å². The van der Waals surface area contributed by atoms with Crippen LogP contribution < -0.4 is 0 Å². The van der Waals surface area contributed by atoms with E-state index in [0.717, 1.165) is 4.90 Å². The normalized spacial score (nSPS) is 9.87. The van der Waals surface area contributed by atoms with Crippen LogP contribution in [0.2, 0.25) is 5.02 Å². The number of hydrogen-bond acceptors (Lipinski definition) is 4. The monoisotopic (exact) mass is 236 g/mol. The van der Waals surface area contributed by atoms with E-state index in [0.29, 0.717) is 15.7 Å². The van der Waals surface area contributed by atoms with Crippen molar-refractivity contribution in [2.75, 3.05) is 0 Å². The summed E-state index contributed by atoms with van der Waals surface area (Å²) < 4.78 is 0. The first-order chi connectivity index (χ1) is 7.29.